The predicted molar refractivity (Wildman–Crippen MR) is 75.8 cm³/mol. The zero-order valence-corrected chi connectivity index (χ0v) is 11.0. The summed E-state index contributed by atoms with van der Waals surface area (Å²) in [6.07, 6.45) is 0. The van der Waals surface area contributed by atoms with Crippen LogP contribution in [0.3, 0.4) is 0 Å². The molecule has 0 unspecified atom stereocenters. The summed E-state index contributed by atoms with van der Waals surface area (Å²) >= 11 is 1.48. The summed E-state index contributed by atoms with van der Waals surface area (Å²) in [5, 5.41) is 0. The summed E-state index contributed by atoms with van der Waals surface area (Å²) in [4.78, 5) is 12.9. The van der Waals surface area contributed by atoms with Gasteiger partial charge in [0.2, 0.25) is 0 Å². The first kappa shape index (κ1) is 12.9. The summed E-state index contributed by atoms with van der Waals surface area (Å²) in [6.45, 7) is 2.39. The van der Waals surface area contributed by atoms with Crippen LogP contribution in [0.4, 0.5) is 0 Å². The monoisotopic (exact) mass is 257 g/mol. The second-order valence-electron chi connectivity index (χ2n) is 4.03. The van der Waals surface area contributed by atoms with Crippen LogP contribution in [0.25, 0.3) is 0 Å². The van der Waals surface area contributed by atoms with Crippen molar-refractivity contribution < 1.29 is 4.79 Å². The van der Waals surface area contributed by atoms with E-state index >= 15 is 0 Å². The fourth-order valence-electron chi connectivity index (χ4n) is 1.52. The molecule has 0 fully saturated rings. The van der Waals surface area contributed by atoms with Crippen molar-refractivity contribution in [1.82, 2.24) is 4.72 Å². The van der Waals surface area contributed by atoms with Crippen LogP contribution in [0.5, 0.6) is 0 Å². The molecule has 0 spiro atoms. The number of nitrogens with one attached hydrogen (secondary N) is 1. The van der Waals surface area contributed by atoms with Gasteiger partial charge in [-0.25, -0.2) is 0 Å². The van der Waals surface area contributed by atoms with Gasteiger partial charge in [0.05, 0.1) is 6.54 Å². The van der Waals surface area contributed by atoms with Gasteiger partial charge in [-0.3, -0.25) is 9.52 Å². The highest BCUT2D eigenvalue weighted by Gasteiger charge is 2.04. The molecule has 0 saturated heterocycles. The minimum absolute atomic E-state index is 0.107. The van der Waals surface area contributed by atoms with Gasteiger partial charge in [0.1, 0.15) is 0 Å². The van der Waals surface area contributed by atoms with E-state index in [0.29, 0.717) is 6.54 Å². The van der Waals surface area contributed by atoms with Crippen molar-refractivity contribution in [3.63, 3.8) is 0 Å². The highest BCUT2D eigenvalue weighted by molar-refractivity contribution is 7.97. The maximum absolute atomic E-state index is 11.8. The standard InChI is InChI=1S/C15H15NOS/c1-12-7-9-14(10-8-12)18-16-11-15(17)13-5-3-2-4-6-13/h2-10,16H,11H2,1H3. The van der Waals surface area contributed by atoms with Crippen LogP contribution in [-0.2, 0) is 0 Å². The van der Waals surface area contributed by atoms with E-state index in [4.69, 9.17) is 0 Å². The van der Waals surface area contributed by atoms with Gasteiger partial charge in [-0.2, -0.15) is 0 Å². The van der Waals surface area contributed by atoms with E-state index in [9.17, 15) is 4.79 Å². The molecule has 0 aromatic heterocycles. The number of hydrogen-bond donors (Lipinski definition) is 1. The Labute approximate surface area is 112 Å². The Kier molecular flexibility index (Phi) is 4.56. The Morgan fingerprint density at radius 1 is 1.06 bits per heavy atom. The maximum Gasteiger partial charge on any atom is 0.177 e. The molecular formula is C15H15NOS. The predicted octanol–water partition coefficient (Wildman–Crippen LogP) is 3.47. The van der Waals surface area contributed by atoms with E-state index < -0.39 is 0 Å². The van der Waals surface area contributed by atoms with E-state index in [0.717, 1.165) is 10.5 Å². The van der Waals surface area contributed by atoms with Crippen molar-refractivity contribution in [3.05, 3.63) is 65.7 Å². The lowest BCUT2D eigenvalue weighted by Crippen LogP contribution is -2.16. The number of hydrogen-bond acceptors (Lipinski definition) is 3. The molecule has 0 aliphatic rings. The normalized spacial score (nSPS) is 10.3. The van der Waals surface area contributed by atoms with Gasteiger partial charge < -0.3 is 0 Å². The summed E-state index contributed by atoms with van der Waals surface area (Å²) in [6, 6.07) is 17.5. The highest BCUT2D eigenvalue weighted by atomic mass is 32.2. The van der Waals surface area contributed by atoms with Gasteiger partial charge in [0, 0.05) is 10.5 Å². The third-order valence-corrected chi connectivity index (χ3v) is 3.34. The zero-order valence-electron chi connectivity index (χ0n) is 10.2. The Bertz CT molecular complexity index is 508. The van der Waals surface area contributed by atoms with E-state index in [-0.39, 0.29) is 5.78 Å². The molecule has 0 radical (unpaired) electrons. The quantitative estimate of drug-likeness (QED) is 0.657. The van der Waals surface area contributed by atoms with Crippen molar-refractivity contribution in [2.24, 2.45) is 0 Å². The number of Topliss-reactive ketones (excluding diaryl/α,β-unsaturated/α-hetero) is 1. The molecule has 2 aromatic rings. The summed E-state index contributed by atoms with van der Waals surface area (Å²) in [7, 11) is 0. The van der Waals surface area contributed by atoms with E-state index in [1.165, 1.54) is 17.5 Å². The third-order valence-electron chi connectivity index (χ3n) is 2.54. The molecular weight excluding hydrogens is 242 g/mol. The number of benzene rings is 2. The van der Waals surface area contributed by atoms with Gasteiger partial charge in [-0.05, 0) is 31.0 Å². The topological polar surface area (TPSA) is 29.1 Å². The van der Waals surface area contributed by atoms with Gasteiger partial charge in [0.15, 0.2) is 5.78 Å². The van der Waals surface area contributed by atoms with Crippen LogP contribution >= 0.6 is 11.9 Å². The van der Waals surface area contributed by atoms with Crippen molar-refractivity contribution in [2.45, 2.75) is 11.8 Å². The van der Waals surface area contributed by atoms with E-state index in [2.05, 4.69) is 23.8 Å². The van der Waals surface area contributed by atoms with Crippen molar-refractivity contribution >= 4 is 17.7 Å². The molecule has 18 heavy (non-hydrogen) atoms. The molecule has 0 aliphatic carbocycles. The molecule has 2 aromatic carbocycles. The lowest BCUT2D eigenvalue weighted by atomic mass is 10.1. The number of carbonyl (C=O) groups is 1. The number of carbonyl (C=O) groups excluding carboxylic acids is 1. The minimum atomic E-state index is 0.107. The summed E-state index contributed by atoms with van der Waals surface area (Å²) < 4.78 is 3.09. The SMILES string of the molecule is Cc1ccc(SNCC(=O)c2ccccc2)cc1. The van der Waals surface area contributed by atoms with Crippen LogP contribution < -0.4 is 4.72 Å². The highest BCUT2D eigenvalue weighted by Crippen LogP contribution is 2.14. The molecule has 3 heteroatoms. The second-order valence-corrected chi connectivity index (χ2v) is 4.99. The first-order valence-corrected chi connectivity index (χ1v) is 6.62. The average Bonchev–Trinajstić information content (AvgIpc) is 2.42. The Morgan fingerprint density at radius 3 is 2.39 bits per heavy atom. The van der Waals surface area contributed by atoms with Gasteiger partial charge in [-0.1, -0.05) is 48.0 Å². The van der Waals surface area contributed by atoms with Crippen LogP contribution in [0.1, 0.15) is 15.9 Å². The third kappa shape index (κ3) is 3.72. The average molecular weight is 257 g/mol. The molecule has 92 valence electrons. The molecule has 1 N–H and O–H groups in total. The number of ketones is 1. The molecule has 0 heterocycles. The van der Waals surface area contributed by atoms with Gasteiger partial charge in [-0.15, -0.1) is 0 Å². The van der Waals surface area contributed by atoms with Gasteiger partial charge in [0.25, 0.3) is 0 Å². The van der Waals surface area contributed by atoms with E-state index in [1.54, 1.807) is 0 Å². The van der Waals surface area contributed by atoms with Crippen LogP contribution in [0, 0.1) is 6.92 Å². The number of rotatable bonds is 5. The van der Waals surface area contributed by atoms with Crippen LogP contribution in [0.2, 0.25) is 0 Å². The zero-order chi connectivity index (χ0) is 12.8. The molecule has 2 rings (SSSR count). The van der Waals surface area contributed by atoms with Crippen molar-refractivity contribution in [3.8, 4) is 0 Å². The first-order chi connectivity index (χ1) is 8.75. The minimum Gasteiger partial charge on any atom is -0.293 e. The molecule has 0 bridgehead atoms. The summed E-state index contributed by atoms with van der Waals surface area (Å²) in [5.74, 6) is 0.107. The number of aryl methyl sites for hydroxylation is 1. The molecule has 0 atom stereocenters. The van der Waals surface area contributed by atoms with Gasteiger partial charge >= 0.3 is 0 Å². The van der Waals surface area contributed by atoms with Crippen molar-refractivity contribution in [2.75, 3.05) is 6.54 Å². The van der Waals surface area contributed by atoms with Crippen molar-refractivity contribution in [1.29, 1.82) is 0 Å². The Hall–Kier alpha value is -1.58. The molecule has 2 nitrogen and oxygen atoms in total. The lowest BCUT2D eigenvalue weighted by Gasteiger charge is -2.04. The lowest BCUT2D eigenvalue weighted by molar-refractivity contribution is 0.0998. The summed E-state index contributed by atoms with van der Waals surface area (Å²) in [5.41, 5.74) is 1.98. The smallest absolute Gasteiger partial charge is 0.177 e. The van der Waals surface area contributed by atoms with E-state index in [1.807, 2.05) is 42.5 Å². The second kappa shape index (κ2) is 6.38. The molecule has 0 amide bonds. The van der Waals surface area contributed by atoms with Crippen LogP contribution in [-0.4, -0.2) is 12.3 Å². The maximum atomic E-state index is 11.8. The Morgan fingerprint density at radius 2 is 1.72 bits per heavy atom. The Balaban J connectivity index is 1.82. The fraction of sp³-hybridized carbons (Fsp3) is 0.133. The molecule has 0 aliphatic heterocycles. The molecule has 0 saturated carbocycles. The fourth-order valence-corrected chi connectivity index (χ4v) is 2.16. The largest absolute Gasteiger partial charge is 0.293 e. The first-order valence-electron chi connectivity index (χ1n) is 5.80. The van der Waals surface area contributed by atoms with Crippen LogP contribution in [0.15, 0.2) is 59.5 Å².